The summed E-state index contributed by atoms with van der Waals surface area (Å²) in [6.07, 6.45) is 0.0675. The van der Waals surface area contributed by atoms with Crippen molar-refractivity contribution < 1.29 is 14.7 Å². The van der Waals surface area contributed by atoms with Crippen LogP contribution in [0.4, 0.5) is 0 Å². The molecule has 0 radical (unpaired) electrons. The zero-order valence-electron chi connectivity index (χ0n) is 11.5. The number of nitrogens with one attached hydrogen (secondary N) is 1. The zero-order chi connectivity index (χ0) is 14.5. The SMILES string of the molecule is Cc1cccc(C(=O)N2CCNC[C@@H](CC(=O)O)C2)n1. The summed E-state index contributed by atoms with van der Waals surface area (Å²) in [4.78, 5) is 29.2. The lowest BCUT2D eigenvalue weighted by Gasteiger charge is -2.23. The number of carboxylic acid groups (broad SMARTS) is 1. The van der Waals surface area contributed by atoms with Gasteiger partial charge in [0.2, 0.25) is 0 Å². The Hall–Kier alpha value is -1.95. The maximum atomic E-state index is 12.4. The van der Waals surface area contributed by atoms with Crippen LogP contribution in [0.25, 0.3) is 0 Å². The minimum absolute atomic E-state index is 0.0660. The first kappa shape index (κ1) is 14.5. The first-order valence-corrected chi connectivity index (χ1v) is 6.71. The van der Waals surface area contributed by atoms with Gasteiger partial charge in [0, 0.05) is 31.9 Å². The second kappa shape index (κ2) is 6.47. The van der Waals surface area contributed by atoms with Crippen LogP contribution in [0.1, 0.15) is 22.6 Å². The highest BCUT2D eigenvalue weighted by atomic mass is 16.4. The highest BCUT2D eigenvalue weighted by Gasteiger charge is 2.24. The zero-order valence-corrected chi connectivity index (χ0v) is 11.5. The summed E-state index contributed by atoms with van der Waals surface area (Å²) in [6.45, 7) is 4.16. The molecule has 1 aliphatic rings. The number of aliphatic carboxylic acids is 1. The molecule has 0 unspecified atom stereocenters. The lowest BCUT2D eigenvalue weighted by Crippen LogP contribution is -2.37. The predicted molar refractivity (Wildman–Crippen MR) is 73.5 cm³/mol. The second-order valence-corrected chi connectivity index (χ2v) is 5.08. The maximum Gasteiger partial charge on any atom is 0.303 e. The van der Waals surface area contributed by atoms with Crippen molar-refractivity contribution in [2.45, 2.75) is 13.3 Å². The quantitative estimate of drug-likeness (QED) is 0.842. The van der Waals surface area contributed by atoms with E-state index in [0.717, 1.165) is 5.69 Å². The molecule has 1 fully saturated rings. The van der Waals surface area contributed by atoms with Gasteiger partial charge in [0.15, 0.2) is 0 Å². The molecule has 6 nitrogen and oxygen atoms in total. The molecule has 1 saturated heterocycles. The standard InChI is InChI=1S/C14H19N3O3/c1-10-3-2-4-12(16-10)14(20)17-6-5-15-8-11(9-17)7-13(18)19/h2-4,11,15H,5-9H2,1H3,(H,18,19)/t11-/m1/s1. The van der Waals surface area contributed by atoms with E-state index in [2.05, 4.69) is 10.3 Å². The van der Waals surface area contributed by atoms with Crippen molar-refractivity contribution in [2.24, 2.45) is 5.92 Å². The molecule has 2 heterocycles. The molecule has 1 atom stereocenters. The third-order valence-electron chi connectivity index (χ3n) is 3.33. The number of nitrogens with zero attached hydrogens (tertiary/aromatic N) is 2. The van der Waals surface area contributed by atoms with E-state index in [4.69, 9.17) is 5.11 Å². The molecule has 20 heavy (non-hydrogen) atoms. The minimum atomic E-state index is -0.834. The van der Waals surface area contributed by atoms with Gasteiger partial charge in [0.25, 0.3) is 5.91 Å². The van der Waals surface area contributed by atoms with Crippen LogP contribution in [0.5, 0.6) is 0 Å². The van der Waals surface area contributed by atoms with Crippen molar-refractivity contribution >= 4 is 11.9 Å². The first-order chi connectivity index (χ1) is 9.56. The van der Waals surface area contributed by atoms with Crippen LogP contribution in [0.2, 0.25) is 0 Å². The molecule has 1 aliphatic heterocycles. The van der Waals surface area contributed by atoms with Crippen molar-refractivity contribution in [1.29, 1.82) is 0 Å². The summed E-state index contributed by atoms with van der Waals surface area (Å²) in [5, 5.41) is 12.1. The van der Waals surface area contributed by atoms with Gasteiger partial charge in [-0.2, -0.15) is 0 Å². The van der Waals surface area contributed by atoms with Gasteiger partial charge in [0.05, 0.1) is 6.42 Å². The molecule has 1 aromatic rings. The first-order valence-electron chi connectivity index (χ1n) is 6.71. The maximum absolute atomic E-state index is 12.4. The molecule has 0 saturated carbocycles. The van der Waals surface area contributed by atoms with E-state index in [1.807, 2.05) is 13.0 Å². The Kier molecular flexibility index (Phi) is 4.68. The Labute approximate surface area is 117 Å². The van der Waals surface area contributed by atoms with E-state index in [1.54, 1.807) is 17.0 Å². The highest BCUT2D eigenvalue weighted by Crippen LogP contribution is 2.11. The molecule has 0 bridgehead atoms. The van der Waals surface area contributed by atoms with Crippen LogP contribution >= 0.6 is 0 Å². The second-order valence-electron chi connectivity index (χ2n) is 5.08. The van der Waals surface area contributed by atoms with Gasteiger partial charge in [-0.3, -0.25) is 9.59 Å². The van der Waals surface area contributed by atoms with Crippen molar-refractivity contribution in [3.05, 3.63) is 29.6 Å². The van der Waals surface area contributed by atoms with Crippen LogP contribution in [0, 0.1) is 12.8 Å². The fourth-order valence-corrected chi connectivity index (χ4v) is 2.38. The molecule has 0 aliphatic carbocycles. The Morgan fingerprint density at radius 3 is 3.00 bits per heavy atom. The summed E-state index contributed by atoms with van der Waals surface area (Å²) >= 11 is 0. The summed E-state index contributed by atoms with van der Waals surface area (Å²) in [7, 11) is 0. The average Bonchev–Trinajstić information content (AvgIpc) is 2.62. The number of hydrogen-bond acceptors (Lipinski definition) is 4. The molecule has 1 amide bonds. The molecule has 108 valence electrons. The van der Waals surface area contributed by atoms with Gasteiger partial charge >= 0.3 is 5.97 Å². The summed E-state index contributed by atoms with van der Waals surface area (Å²) in [5.41, 5.74) is 1.21. The van der Waals surface area contributed by atoms with Crippen LogP contribution < -0.4 is 5.32 Å². The molecule has 2 N–H and O–H groups in total. The van der Waals surface area contributed by atoms with Crippen LogP contribution in [-0.2, 0) is 4.79 Å². The third kappa shape index (κ3) is 3.77. The number of amides is 1. The number of carboxylic acids is 1. The van der Waals surface area contributed by atoms with Crippen molar-refractivity contribution in [3.8, 4) is 0 Å². The molecule has 0 aromatic carbocycles. The topological polar surface area (TPSA) is 82.5 Å². The number of aromatic nitrogens is 1. The van der Waals surface area contributed by atoms with E-state index < -0.39 is 5.97 Å². The van der Waals surface area contributed by atoms with E-state index in [9.17, 15) is 9.59 Å². The predicted octanol–water partition coefficient (Wildman–Crippen LogP) is 0.526. The molecule has 1 aromatic heterocycles. The van der Waals surface area contributed by atoms with Gasteiger partial charge < -0.3 is 15.3 Å². The van der Waals surface area contributed by atoms with Crippen molar-refractivity contribution in [2.75, 3.05) is 26.2 Å². The van der Waals surface area contributed by atoms with Crippen LogP contribution in [-0.4, -0.2) is 53.0 Å². The summed E-state index contributed by atoms with van der Waals surface area (Å²) in [6, 6.07) is 5.34. The van der Waals surface area contributed by atoms with Crippen LogP contribution in [0.3, 0.4) is 0 Å². The van der Waals surface area contributed by atoms with Crippen molar-refractivity contribution in [1.82, 2.24) is 15.2 Å². The number of carbonyl (C=O) groups is 2. The largest absolute Gasteiger partial charge is 0.481 e. The number of carbonyl (C=O) groups excluding carboxylic acids is 1. The third-order valence-corrected chi connectivity index (χ3v) is 3.33. The smallest absolute Gasteiger partial charge is 0.303 e. The monoisotopic (exact) mass is 277 g/mol. The molecular formula is C14H19N3O3. The number of hydrogen-bond donors (Lipinski definition) is 2. The van der Waals surface area contributed by atoms with Gasteiger partial charge in [-0.15, -0.1) is 0 Å². The molecular weight excluding hydrogens is 258 g/mol. The van der Waals surface area contributed by atoms with Crippen LogP contribution in [0.15, 0.2) is 18.2 Å². The number of pyridine rings is 1. The lowest BCUT2D eigenvalue weighted by atomic mass is 10.1. The van der Waals surface area contributed by atoms with E-state index in [1.165, 1.54) is 0 Å². The Morgan fingerprint density at radius 2 is 2.30 bits per heavy atom. The van der Waals surface area contributed by atoms with E-state index >= 15 is 0 Å². The summed E-state index contributed by atoms with van der Waals surface area (Å²) < 4.78 is 0. The molecule has 0 spiro atoms. The number of rotatable bonds is 3. The van der Waals surface area contributed by atoms with Gasteiger partial charge in [-0.25, -0.2) is 4.98 Å². The Balaban J connectivity index is 2.09. The van der Waals surface area contributed by atoms with Gasteiger partial charge in [-0.1, -0.05) is 6.07 Å². The fraction of sp³-hybridized carbons (Fsp3) is 0.500. The Bertz CT molecular complexity index is 504. The lowest BCUT2D eigenvalue weighted by molar-refractivity contribution is -0.138. The fourth-order valence-electron chi connectivity index (χ4n) is 2.38. The molecule has 6 heteroatoms. The van der Waals surface area contributed by atoms with E-state index in [-0.39, 0.29) is 18.2 Å². The average molecular weight is 277 g/mol. The van der Waals surface area contributed by atoms with E-state index in [0.29, 0.717) is 31.9 Å². The minimum Gasteiger partial charge on any atom is -0.481 e. The normalized spacial score (nSPS) is 19.4. The molecule has 2 rings (SSSR count). The highest BCUT2D eigenvalue weighted by molar-refractivity contribution is 5.92. The van der Waals surface area contributed by atoms with Gasteiger partial charge in [-0.05, 0) is 25.0 Å². The summed E-state index contributed by atoms with van der Waals surface area (Å²) in [5.74, 6) is -1.03. The number of aryl methyl sites for hydroxylation is 1. The van der Waals surface area contributed by atoms with Gasteiger partial charge in [0.1, 0.15) is 5.69 Å². The van der Waals surface area contributed by atoms with Crippen molar-refractivity contribution in [3.63, 3.8) is 0 Å². The Morgan fingerprint density at radius 1 is 1.50 bits per heavy atom.